The van der Waals surface area contributed by atoms with E-state index in [1.54, 1.807) is 18.4 Å². The molecule has 0 unspecified atom stereocenters. The molecule has 0 bridgehead atoms. The quantitative estimate of drug-likeness (QED) is 0.782. The maximum atomic E-state index is 10.9. The number of rotatable bonds is 7. The van der Waals surface area contributed by atoms with Gasteiger partial charge in [-0.25, -0.2) is 4.98 Å². The molecule has 0 saturated heterocycles. The van der Waals surface area contributed by atoms with Gasteiger partial charge in [-0.05, 0) is 50.2 Å². The number of nitrogens with zero attached hydrogens (tertiary/aromatic N) is 1. The fraction of sp³-hybridized carbons (Fsp3) is 0.474. The number of aromatic nitrogens is 1. The summed E-state index contributed by atoms with van der Waals surface area (Å²) in [6.45, 7) is 0. The van der Waals surface area contributed by atoms with Crippen LogP contribution in [0.25, 0.3) is 11.3 Å². The maximum Gasteiger partial charge on any atom is 0.217 e. The molecule has 0 spiro atoms. The van der Waals surface area contributed by atoms with Crippen LogP contribution in [0, 0.1) is 5.92 Å². The molecule has 3 N–H and O–H groups in total. The topological polar surface area (TPSA) is 77.2 Å². The number of nitrogens with one attached hydrogen (secondary N) is 1. The molecular formula is C19H25N3O2S. The summed E-state index contributed by atoms with van der Waals surface area (Å²) in [4.78, 5) is 15.6. The van der Waals surface area contributed by atoms with E-state index in [-0.39, 0.29) is 5.91 Å². The Kier molecular flexibility index (Phi) is 5.91. The monoisotopic (exact) mass is 359 g/mol. The Labute approximate surface area is 152 Å². The number of nitrogens with two attached hydrogens (primary N) is 1. The van der Waals surface area contributed by atoms with Gasteiger partial charge in [0.2, 0.25) is 5.91 Å². The van der Waals surface area contributed by atoms with Crippen molar-refractivity contribution >= 4 is 22.4 Å². The van der Waals surface area contributed by atoms with E-state index >= 15 is 0 Å². The highest BCUT2D eigenvalue weighted by Crippen LogP contribution is 2.34. The first-order valence-electron chi connectivity index (χ1n) is 8.79. The third-order valence-electron chi connectivity index (χ3n) is 4.86. The highest BCUT2D eigenvalue weighted by molar-refractivity contribution is 7.14. The van der Waals surface area contributed by atoms with Crippen LogP contribution in [0.4, 0.5) is 5.13 Å². The second-order valence-corrected chi connectivity index (χ2v) is 7.46. The van der Waals surface area contributed by atoms with Gasteiger partial charge in [0.15, 0.2) is 5.13 Å². The third kappa shape index (κ3) is 4.72. The van der Waals surface area contributed by atoms with E-state index in [9.17, 15) is 4.79 Å². The van der Waals surface area contributed by atoms with Gasteiger partial charge < -0.3 is 15.8 Å². The van der Waals surface area contributed by atoms with Crippen LogP contribution in [-0.4, -0.2) is 24.0 Å². The molecule has 3 rings (SSSR count). The summed E-state index contributed by atoms with van der Waals surface area (Å²) in [5.74, 6) is 1.28. The molecule has 0 radical (unpaired) electrons. The fourth-order valence-corrected chi connectivity index (χ4v) is 4.23. The number of para-hydroxylation sites is 1. The van der Waals surface area contributed by atoms with Crippen molar-refractivity contribution in [1.82, 2.24) is 4.98 Å². The molecule has 5 nitrogen and oxygen atoms in total. The number of thiazole rings is 1. The number of carbonyl (C=O) groups is 1. The summed E-state index contributed by atoms with van der Waals surface area (Å²) in [5.41, 5.74) is 7.21. The molecule has 0 atom stereocenters. The average molecular weight is 359 g/mol. The summed E-state index contributed by atoms with van der Waals surface area (Å²) in [5, 5.41) is 6.60. The zero-order chi connectivity index (χ0) is 17.6. The van der Waals surface area contributed by atoms with E-state index in [0.29, 0.717) is 18.4 Å². The van der Waals surface area contributed by atoms with Gasteiger partial charge in [0.05, 0.1) is 12.8 Å². The van der Waals surface area contributed by atoms with Gasteiger partial charge in [-0.3, -0.25) is 4.79 Å². The molecule has 1 aliphatic rings. The number of hydrogen-bond donors (Lipinski definition) is 2. The van der Waals surface area contributed by atoms with E-state index in [1.807, 2.05) is 24.3 Å². The predicted molar refractivity (Wildman–Crippen MR) is 102 cm³/mol. The number of benzene rings is 1. The number of primary amides is 1. The Morgan fingerprint density at radius 2 is 2.08 bits per heavy atom. The number of carbonyl (C=O) groups excluding carboxylic acids is 1. The Bertz CT molecular complexity index is 708. The molecule has 1 saturated carbocycles. The van der Waals surface area contributed by atoms with Crippen molar-refractivity contribution in [2.75, 3.05) is 12.4 Å². The summed E-state index contributed by atoms with van der Waals surface area (Å²) in [7, 11) is 1.68. The summed E-state index contributed by atoms with van der Waals surface area (Å²) >= 11 is 1.63. The fourth-order valence-electron chi connectivity index (χ4n) is 3.44. The summed E-state index contributed by atoms with van der Waals surface area (Å²) in [6, 6.07) is 8.40. The van der Waals surface area contributed by atoms with Gasteiger partial charge in [0, 0.05) is 23.4 Å². The highest BCUT2D eigenvalue weighted by atomic mass is 32.1. The second kappa shape index (κ2) is 8.34. The number of ether oxygens (including phenoxy) is 1. The Balaban J connectivity index is 1.55. The lowest BCUT2D eigenvalue weighted by atomic mass is 9.83. The van der Waals surface area contributed by atoms with Gasteiger partial charge in [0.1, 0.15) is 5.75 Å². The summed E-state index contributed by atoms with van der Waals surface area (Å²) < 4.78 is 5.42. The molecule has 1 aromatic carbocycles. The van der Waals surface area contributed by atoms with Gasteiger partial charge in [-0.2, -0.15) is 0 Å². The van der Waals surface area contributed by atoms with Crippen molar-refractivity contribution < 1.29 is 9.53 Å². The third-order valence-corrected chi connectivity index (χ3v) is 5.63. The van der Waals surface area contributed by atoms with Crippen LogP contribution in [0.3, 0.4) is 0 Å². The molecule has 1 aromatic heterocycles. The van der Waals surface area contributed by atoms with E-state index < -0.39 is 0 Å². The average Bonchev–Trinajstić information content (AvgIpc) is 3.09. The zero-order valence-corrected chi connectivity index (χ0v) is 15.3. The van der Waals surface area contributed by atoms with Crippen molar-refractivity contribution in [1.29, 1.82) is 0 Å². The normalized spacial score (nSPS) is 20.2. The lowest BCUT2D eigenvalue weighted by Gasteiger charge is -2.28. The minimum absolute atomic E-state index is 0.188. The Hall–Kier alpha value is -2.08. The molecule has 1 amide bonds. The largest absolute Gasteiger partial charge is 0.496 e. The highest BCUT2D eigenvalue weighted by Gasteiger charge is 2.22. The first-order chi connectivity index (χ1) is 12.2. The Morgan fingerprint density at radius 3 is 2.80 bits per heavy atom. The van der Waals surface area contributed by atoms with Crippen molar-refractivity contribution in [2.24, 2.45) is 11.7 Å². The standard InChI is InChI=1S/C19H25N3O2S/c1-24-17-5-3-2-4-15(17)16-12-25-19(22-16)21-14-9-6-13(7-10-14)8-11-18(20)23/h2-5,12-14H,6-11H2,1H3,(H2,20,23)(H,21,22). The first kappa shape index (κ1) is 17.7. The minimum atomic E-state index is -0.188. The minimum Gasteiger partial charge on any atom is -0.496 e. The van der Waals surface area contributed by atoms with Crippen LogP contribution >= 0.6 is 11.3 Å². The van der Waals surface area contributed by atoms with Crippen molar-refractivity contribution in [3.63, 3.8) is 0 Å². The van der Waals surface area contributed by atoms with Crippen LogP contribution < -0.4 is 15.8 Å². The Morgan fingerprint density at radius 1 is 1.32 bits per heavy atom. The molecule has 25 heavy (non-hydrogen) atoms. The van der Waals surface area contributed by atoms with Crippen LogP contribution in [0.1, 0.15) is 38.5 Å². The predicted octanol–water partition coefficient (Wildman–Crippen LogP) is 4.05. The van der Waals surface area contributed by atoms with E-state index in [4.69, 9.17) is 15.5 Å². The first-order valence-corrected chi connectivity index (χ1v) is 9.67. The van der Waals surface area contributed by atoms with Crippen molar-refractivity contribution in [3.05, 3.63) is 29.6 Å². The molecule has 1 heterocycles. The van der Waals surface area contributed by atoms with Gasteiger partial charge in [0.25, 0.3) is 0 Å². The number of anilines is 1. The molecule has 1 fully saturated rings. The van der Waals surface area contributed by atoms with E-state index in [2.05, 4.69) is 10.7 Å². The molecule has 134 valence electrons. The SMILES string of the molecule is COc1ccccc1-c1csc(NC2CCC(CCC(N)=O)CC2)n1. The van der Waals surface area contributed by atoms with Gasteiger partial charge in [-0.15, -0.1) is 11.3 Å². The molecule has 6 heteroatoms. The maximum absolute atomic E-state index is 10.9. The molecular weight excluding hydrogens is 334 g/mol. The zero-order valence-electron chi connectivity index (χ0n) is 14.5. The van der Waals surface area contributed by atoms with Crippen LogP contribution in [0.5, 0.6) is 5.75 Å². The molecule has 1 aliphatic carbocycles. The molecule has 0 aliphatic heterocycles. The van der Waals surface area contributed by atoms with Crippen molar-refractivity contribution in [3.8, 4) is 17.0 Å². The van der Waals surface area contributed by atoms with E-state index in [0.717, 1.165) is 54.2 Å². The smallest absolute Gasteiger partial charge is 0.217 e. The van der Waals surface area contributed by atoms with Crippen molar-refractivity contribution in [2.45, 2.75) is 44.6 Å². The van der Waals surface area contributed by atoms with E-state index in [1.165, 1.54) is 0 Å². The molecule has 2 aromatic rings. The summed E-state index contributed by atoms with van der Waals surface area (Å²) in [6.07, 6.45) is 5.97. The number of methoxy groups -OCH3 is 1. The van der Waals surface area contributed by atoms with Crippen LogP contribution in [0.15, 0.2) is 29.6 Å². The van der Waals surface area contributed by atoms with Gasteiger partial charge >= 0.3 is 0 Å². The van der Waals surface area contributed by atoms with Crippen LogP contribution in [-0.2, 0) is 4.79 Å². The van der Waals surface area contributed by atoms with Crippen LogP contribution in [0.2, 0.25) is 0 Å². The lowest BCUT2D eigenvalue weighted by Crippen LogP contribution is -2.26. The lowest BCUT2D eigenvalue weighted by molar-refractivity contribution is -0.118. The second-order valence-electron chi connectivity index (χ2n) is 6.61. The number of hydrogen-bond acceptors (Lipinski definition) is 5. The number of amides is 1. The van der Waals surface area contributed by atoms with Gasteiger partial charge in [-0.1, -0.05) is 12.1 Å².